The Labute approximate surface area is 112 Å². The lowest BCUT2D eigenvalue weighted by Crippen LogP contribution is -2.35. The Balaban J connectivity index is 2.16. The van der Waals surface area contributed by atoms with Crippen molar-refractivity contribution in [1.29, 1.82) is 0 Å². The van der Waals surface area contributed by atoms with Crippen LogP contribution in [0.25, 0.3) is 0 Å². The lowest BCUT2D eigenvalue weighted by atomic mass is 10.1. The number of rotatable bonds is 7. The van der Waals surface area contributed by atoms with Crippen molar-refractivity contribution in [2.45, 2.75) is 19.4 Å². The minimum absolute atomic E-state index is 0.0174. The van der Waals surface area contributed by atoms with E-state index in [1.807, 2.05) is 12.1 Å². The highest BCUT2D eigenvalue weighted by molar-refractivity contribution is 6.30. The zero-order valence-electron chi connectivity index (χ0n) is 10.4. The standard InChI is InChI=1S/C13H19ClN2O2/c1-10(17)9-15-6-7-16-13(18)8-11-2-4-12(14)5-3-11/h2-5,10,15,17H,6-9H2,1H3,(H,16,18). The Morgan fingerprint density at radius 3 is 2.61 bits per heavy atom. The Hall–Kier alpha value is -1.10. The van der Waals surface area contributed by atoms with Crippen LogP contribution in [0.5, 0.6) is 0 Å². The van der Waals surface area contributed by atoms with Gasteiger partial charge in [-0.15, -0.1) is 0 Å². The van der Waals surface area contributed by atoms with E-state index in [1.165, 1.54) is 0 Å². The van der Waals surface area contributed by atoms with E-state index in [0.717, 1.165) is 5.56 Å². The maximum Gasteiger partial charge on any atom is 0.224 e. The molecule has 0 fully saturated rings. The fourth-order valence-corrected chi connectivity index (χ4v) is 1.58. The molecular formula is C13H19ClN2O2. The average Bonchev–Trinajstić information content (AvgIpc) is 2.31. The van der Waals surface area contributed by atoms with Gasteiger partial charge in [0.1, 0.15) is 0 Å². The summed E-state index contributed by atoms with van der Waals surface area (Å²) in [5, 5.41) is 15.5. The SMILES string of the molecule is CC(O)CNCCNC(=O)Cc1ccc(Cl)cc1. The van der Waals surface area contributed by atoms with Gasteiger partial charge in [-0.3, -0.25) is 4.79 Å². The van der Waals surface area contributed by atoms with Crippen molar-refractivity contribution in [1.82, 2.24) is 10.6 Å². The number of carbonyl (C=O) groups is 1. The Kier molecular flexibility index (Phi) is 6.72. The molecule has 3 N–H and O–H groups in total. The molecule has 0 aliphatic rings. The molecule has 5 heteroatoms. The zero-order valence-corrected chi connectivity index (χ0v) is 11.2. The van der Waals surface area contributed by atoms with E-state index in [9.17, 15) is 4.79 Å². The molecule has 0 heterocycles. The molecule has 1 amide bonds. The summed E-state index contributed by atoms with van der Waals surface area (Å²) in [6, 6.07) is 7.23. The molecule has 0 spiro atoms. The highest BCUT2D eigenvalue weighted by Gasteiger charge is 2.02. The number of hydrogen-bond donors (Lipinski definition) is 3. The Morgan fingerprint density at radius 2 is 2.00 bits per heavy atom. The third-order valence-electron chi connectivity index (χ3n) is 2.34. The minimum Gasteiger partial charge on any atom is -0.392 e. The van der Waals surface area contributed by atoms with Crippen LogP contribution in [0.3, 0.4) is 0 Å². The lowest BCUT2D eigenvalue weighted by Gasteiger charge is -2.08. The molecule has 18 heavy (non-hydrogen) atoms. The number of nitrogens with one attached hydrogen (secondary N) is 2. The van der Waals surface area contributed by atoms with Crippen LogP contribution >= 0.6 is 11.6 Å². The van der Waals surface area contributed by atoms with Crippen molar-refractivity contribution in [2.24, 2.45) is 0 Å². The van der Waals surface area contributed by atoms with Crippen molar-refractivity contribution >= 4 is 17.5 Å². The number of aliphatic hydroxyl groups excluding tert-OH is 1. The molecule has 0 aliphatic carbocycles. The molecule has 1 atom stereocenters. The smallest absolute Gasteiger partial charge is 0.224 e. The van der Waals surface area contributed by atoms with E-state index in [0.29, 0.717) is 31.1 Å². The maximum atomic E-state index is 11.6. The summed E-state index contributed by atoms with van der Waals surface area (Å²) in [7, 11) is 0. The first kappa shape index (κ1) is 15.0. The molecule has 0 aromatic heterocycles. The van der Waals surface area contributed by atoms with Gasteiger partial charge in [0.2, 0.25) is 5.91 Å². The monoisotopic (exact) mass is 270 g/mol. The summed E-state index contributed by atoms with van der Waals surface area (Å²) in [5.74, 6) is -0.0174. The molecule has 1 aromatic rings. The third-order valence-corrected chi connectivity index (χ3v) is 2.59. The molecule has 1 aromatic carbocycles. The molecule has 100 valence electrons. The Bertz CT molecular complexity index is 366. The maximum absolute atomic E-state index is 11.6. The van der Waals surface area contributed by atoms with E-state index in [4.69, 9.17) is 16.7 Å². The van der Waals surface area contributed by atoms with Gasteiger partial charge in [0.25, 0.3) is 0 Å². The van der Waals surface area contributed by atoms with Gasteiger partial charge in [0.15, 0.2) is 0 Å². The second-order valence-electron chi connectivity index (χ2n) is 4.21. The predicted molar refractivity (Wildman–Crippen MR) is 72.7 cm³/mol. The molecular weight excluding hydrogens is 252 g/mol. The molecule has 0 saturated heterocycles. The van der Waals surface area contributed by atoms with E-state index >= 15 is 0 Å². The summed E-state index contributed by atoms with van der Waals surface area (Å²) in [4.78, 5) is 11.6. The topological polar surface area (TPSA) is 61.4 Å². The fraction of sp³-hybridized carbons (Fsp3) is 0.462. The zero-order chi connectivity index (χ0) is 13.4. The summed E-state index contributed by atoms with van der Waals surface area (Å²) in [6.45, 7) is 3.45. The van der Waals surface area contributed by atoms with Crippen LogP contribution in [0.15, 0.2) is 24.3 Å². The third kappa shape index (κ3) is 6.59. The van der Waals surface area contributed by atoms with Crippen LogP contribution in [0, 0.1) is 0 Å². The van der Waals surface area contributed by atoms with Gasteiger partial charge in [-0.25, -0.2) is 0 Å². The number of halogens is 1. The Morgan fingerprint density at radius 1 is 1.33 bits per heavy atom. The molecule has 0 saturated carbocycles. The van der Waals surface area contributed by atoms with E-state index in [1.54, 1.807) is 19.1 Å². The molecule has 0 aliphatic heterocycles. The highest BCUT2D eigenvalue weighted by atomic mass is 35.5. The van der Waals surface area contributed by atoms with Crippen LogP contribution in [-0.2, 0) is 11.2 Å². The van der Waals surface area contributed by atoms with Crippen molar-refractivity contribution in [2.75, 3.05) is 19.6 Å². The van der Waals surface area contributed by atoms with Crippen molar-refractivity contribution in [3.05, 3.63) is 34.9 Å². The van der Waals surface area contributed by atoms with Gasteiger partial charge < -0.3 is 15.7 Å². The average molecular weight is 271 g/mol. The minimum atomic E-state index is -0.366. The largest absolute Gasteiger partial charge is 0.392 e. The number of hydrogen-bond acceptors (Lipinski definition) is 3. The van der Waals surface area contributed by atoms with Crippen molar-refractivity contribution in [3.63, 3.8) is 0 Å². The molecule has 0 radical (unpaired) electrons. The summed E-state index contributed by atoms with van der Waals surface area (Å²) in [5.41, 5.74) is 0.939. The first-order chi connectivity index (χ1) is 8.58. The van der Waals surface area contributed by atoms with Crippen LogP contribution < -0.4 is 10.6 Å². The van der Waals surface area contributed by atoms with E-state index in [-0.39, 0.29) is 12.0 Å². The van der Waals surface area contributed by atoms with Gasteiger partial charge in [-0.1, -0.05) is 23.7 Å². The summed E-state index contributed by atoms with van der Waals surface area (Å²) >= 11 is 5.76. The first-order valence-electron chi connectivity index (χ1n) is 5.98. The quantitative estimate of drug-likeness (QED) is 0.647. The van der Waals surface area contributed by atoms with E-state index < -0.39 is 0 Å². The van der Waals surface area contributed by atoms with Gasteiger partial charge >= 0.3 is 0 Å². The predicted octanol–water partition coefficient (Wildman–Crippen LogP) is 0.969. The van der Waals surface area contributed by atoms with Gasteiger partial charge in [0, 0.05) is 24.7 Å². The van der Waals surface area contributed by atoms with Crippen LogP contribution in [0.4, 0.5) is 0 Å². The first-order valence-corrected chi connectivity index (χ1v) is 6.35. The second kappa shape index (κ2) is 8.08. The molecule has 4 nitrogen and oxygen atoms in total. The van der Waals surface area contributed by atoms with Gasteiger partial charge in [-0.05, 0) is 24.6 Å². The fourth-order valence-electron chi connectivity index (χ4n) is 1.45. The van der Waals surface area contributed by atoms with Crippen molar-refractivity contribution in [3.8, 4) is 0 Å². The number of carbonyl (C=O) groups excluding carboxylic acids is 1. The molecule has 0 bridgehead atoms. The highest BCUT2D eigenvalue weighted by Crippen LogP contribution is 2.09. The van der Waals surface area contributed by atoms with Crippen molar-refractivity contribution < 1.29 is 9.90 Å². The summed E-state index contributed by atoms with van der Waals surface area (Å²) in [6.07, 6.45) is -0.0112. The van der Waals surface area contributed by atoms with Gasteiger partial charge in [-0.2, -0.15) is 0 Å². The number of amides is 1. The van der Waals surface area contributed by atoms with E-state index in [2.05, 4.69) is 10.6 Å². The second-order valence-corrected chi connectivity index (χ2v) is 4.64. The molecule has 1 unspecified atom stereocenters. The number of benzene rings is 1. The summed E-state index contributed by atoms with van der Waals surface area (Å²) < 4.78 is 0. The van der Waals surface area contributed by atoms with Crippen LogP contribution in [0.1, 0.15) is 12.5 Å². The normalized spacial score (nSPS) is 12.2. The van der Waals surface area contributed by atoms with Crippen LogP contribution in [-0.4, -0.2) is 36.8 Å². The number of aliphatic hydroxyl groups is 1. The lowest BCUT2D eigenvalue weighted by molar-refractivity contribution is -0.120. The van der Waals surface area contributed by atoms with Crippen LogP contribution in [0.2, 0.25) is 5.02 Å². The molecule has 1 rings (SSSR count). The van der Waals surface area contributed by atoms with Gasteiger partial charge in [0.05, 0.1) is 12.5 Å².